The van der Waals surface area contributed by atoms with Crippen molar-refractivity contribution < 1.29 is 0 Å². The molecule has 1 saturated carbocycles. The first-order chi connectivity index (χ1) is 6.25. The molecule has 1 atom stereocenters. The highest BCUT2D eigenvalue weighted by atomic mass is 15.3. The zero-order chi connectivity index (χ0) is 9.26. The summed E-state index contributed by atoms with van der Waals surface area (Å²) < 4.78 is 1.96. The van der Waals surface area contributed by atoms with Crippen LogP contribution in [-0.2, 0) is 6.54 Å². The molecule has 0 amide bonds. The molecule has 1 aliphatic carbocycles. The van der Waals surface area contributed by atoms with Gasteiger partial charge in [-0.15, -0.1) is 0 Å². The normalized spacial score (nSPS) is 19.8. The maximum absolute atomic E-state index is 5.59. The summed E-state index contributed by atoms with van der Waals surface area (Å²) in [5, 5.41) is 4.19. The van der Waals surface area contributed by atoms with E-state index < -0.39 is 0 Å². The van der Waals surface area contributed by atoms with Crippen molar-refractivity contribution in [3.8, 4) is 0 Å². The van der Waals surface area contributed by atoms with Gasteiger partial charge >= 0.3 is 0 Å². The van der Waals surface area contributed by atoms with Gasteiger partial charge in [-0.25, -0.2) is 0 Å². The third-order valence-electron chi connectivity index (χ3n) is 3.08. The molecule has 2 N–H and O–H groups in total. The molecule has 13 heavy (non-hydrogen) atoms. The molecule has 2 rings (SSSR count). The first kappa shape index (κ1) is 8.60. The van der Waals surface area contributed by atoms with Gasteiger partial charge in [-0.1, -0.05) is 26.2 Å². The second kappa shape index (κ2) is 3.40. The molecule has 1 unspecified atom stereocenters. The molecule has 1 aromatic heterocycles. The average Bonchev–Trinajstić information content (AvgIpc) is 2.31. The molecule has 3 nitrogen and oxygen atoms in total. The van der Waals surface area contributed by atoms with E-state index in [1.807, 2.05) is 10.9 Å². The molecule has 1 aromatic rings. The highest BCUT2D eigenvalue weighted by Gasteiger charge is 2.23. The predicted octanol–water partition coefficient (Wildman–Crippen LogP) is 1.90. The van der Waals surface area contributed by atoms with Crippen LogP contribution in [0.1, 0.15) is 26.2 Å². The third kappa shape index (κ3) is 1.85. The minimum atomic E-state index is 0.744. The van der Waals surface area contributed by atoms with E-state index >= 15 is 0 Å². The number of hydrogen-bond donors (Lipinski definition) is 1. The zero-order valence-corrected chi connectivity index (χ0v) is 8.11. The van der Waals surface area contributed by atoms with Crippen molar-refractivity contribution in [1.82, 2.24) is 9.78 Å². The second-order valence-electron chi connectivity index (χ2n) is 4.16. The molecule has 1 fully saturated rings. The SMILES string of the molecule is CC(Cn1cc(N)cn1)C1CCC1. The molecular formula is C10H17N3. The van der Waals surface area contributed by atoms with Crippen molar-refractivity contribution in [3.05, 3.63) is 12.4 Å². The van der Waals surface area contributed by atoms with Gasteiger partial charge in [0.1, 0.15) is 0 Å². The maximum atomic E-state index is 5.59. The first-order valence-corrected chi connectivity index (χ1v) is 5.03. The van der Waals surface area contributed by atoms with Crippen molar-refractivity contribution in [2.75, 3.05) is 5.73 Å². The fourth-order valence-corrected chi connectivity index (χ4v) is 1.93. The smallest absolute Gasteiger partial charge is 0.0719 e. The Morgan fingerprint density at radius 2 is 2.46 bits per heavy atom. The number of hydrogen-bond acceptors (Lipinski definition) is 2. The fraction of sp³-hybridized carbons (Fsp3) is 0.700. The van der Waals surface area contributed by atoms with Crippen LogP contribution in [0.2, 0.25) is 0 Å². The number of rotatable bonds is 3. The predicted molar refractivity (Wildman–Crippen MR) is 53.1 cm³/mol. The van der Waals surface area contributed by atoms with Gasteiger partial charge in [0.15, 0.2) is 0 Å². The lowest BCUT2D eigenvalue weighted by atomic mass is 9.77. The molecule has 0 aromatic carbocycles. The summed E-state index contributed by atoms with van der Waals surface area (Å²) in [4.78, 5) is 0. The van der Waals surface area contributed by atoms with Crippen LogP contribution in [0.3, 0.4) is 0 Å². The van der Waals surface area contributed by atoms with Gasteiger partial charge in [-0.05, 0) is 11.8 Å². The molecule has 0 aliphatic heterocycles. The Kier molecular flexibility index (Phi) is 2.25. The van der Waals surface area contributed by atoms with E-state index in [2.05, 4.69) is 12.0 Å². The molecule has 0 saturated heterocycles. The lowest BCUT2D eigenvalue weighted by molar-refractivity contribution is 0.196. The minimum absolute atomic E-state index is 0.744. The Morgan fingerprint density at radius 1 is 1.69 bits per heavy atom. The Hall–Kier alpha value is -0.990. The van der Waals surface area contributed by atoms with E-state index in [1.54, 1.807) is 6.20 Å². The van der Waals surface area contributed by atoms with Crippen molar-refractivity contribution >= 4 is 5.69 Å². The van der Waals surface area contributed by atoms with Gasteiger partial charge < -0.3 is 5.73 Å². The third-order valence-corrected chi connectivity index (χ3v) is 3.08. The molecule has 1 aliphatic rings. The molecule has 0 radical (unpaired) electrons. The summed E-state index contributed by atoms with van der Waals surface area (Å²) in [5.41, 5.74) is 6.36. The van der Waals surface area contributed by atoms with Crippen LogP contribution >= 0.6 is 0 Å². The zero-order valence-electron chi connectivity index (χ0n) is 8.11. The minimum Gasteiger partial charge on any atom is -0.396 e. The van der Waals surface area contributed by atoms with Gasteiger partial charge in [0.2, 0.25) is 0 Å². The molecule has 72 valence electrons. The van der Waals surface area contributed by atoms with Gasteiger partial charge in [-0.3, -0.25) is 4.68 Å². The Morgan fingerprint density at radius 3 is 2.92 bits per heavy atom. The van der Waals surface area contributed by atoms with Crippen molar-refractivity contribution in [2.45, 2.75) is 32.7 Å². The van der Waals surface area contributed by atoms with E-state index in [4.69, 9.17) is 5.73 Å². The fourth-order valence-electron chi connectivity index (χ4n) is 1.93. The molecule has 0 bridgehead atoms. The van der Waals surface area contributed by atoms with Crippen LogP contribution in [0.15, 0.2) is 12.4 Å². The first-order valence-electron chi connectivity index (χ1n) is 5.03. The van der Waals surface area contributed by atoms with Crippen LogP contribution < -0.4 is 5.73 Å². The van der Waals surface area contributed by atoms with Gasteiger partial charge in [-0.2, -0.15) is 5.10 Å². The van der Waals surface area contributed by atoms with Crippen LogP contribution in [0.4, 0.5) is 5.69 Å². The van der Waals surface area contributed by atoms with Gasteiger partial charge in [0.05, 0.1) is 11.9 Å². The largest absolute Gasteiger partial charge is 0.396 e. The highest BCUT2D eigenvalue weighted by molar-refractivity contribution is 5.30. The molecular weight excluding hydrogens is 162 g/mol. The molecule has 1 heterocycles. The number of anilines is 1. The number of aromatic nitrogens is 2. The lowest BCUT2D eigenvalue weighted by Gasteiger charge is -2.31. The summed E-state index contributed by atoms with van der Waals surface area (Å²) >= 11 is 0. The number of nitrogen functional groups attached to an aromatic ring is 1. The summed E-state index contributed by atoms with van der Waals surface area (Å²) in [6, 6.07) is 0. The summed E-state index contributed by atoms with van der Waals surface area (Å²) in [6.45, 7) is 3.32. The van der Waals surface area contributed by atoms with Gasteiger partial charge in [0.25, 0.3) is 0 Å². The Balaban J connectivity index is 1.89. The van der Waals surface area contributed by atoms with Crippen LogP contribution in [0.25, 0.3) is 0 Å². The molecule has 0 spiro atoms. The highest BCUT2D eigenvalue weighted by Crippen LogP contribution is 2.33. The van der Waals surface area contributed by atoms with Crippen LogP contribution in [0, 0.1) is 11.8 Å². The maximum Gasteiger partial charge on any atom is 0.0719 e. The van der Waals surface area contributed by atoms with E-state index in [9.17, 15) is 0 Å². The van der Waals surface area contributed by atoms with Gasteiger partial charge in [0, 0.05) is 12.7 Å². The standard InChI is InChI=1S/C10H17N3/c1-8(9-3-2-4-9)6-13-7-10(11)5-12-13/h5,7-9H,2-4,6,11H2,1H3. The lowest BCUT2D eigenvalue weighted by Crippen LogP contribution is -2.23. The topological polar surface area (TPSA) is 43.8 Å². The van der Waals surface area contributed by atoms with Crippen molar-refractivity contribution in [3.63, 3.8) is 0 Å². The van der Waals surface area contributed by atoms with Crippen molar-refractivity contribution in [2.24, 2.45) is 11.8 Å². The average molecular weight is 179 g/mol. The number of nitrogens with zero attached hydrogens (tertiary/aromatic N) is 2. The Labute approximate surface area is 78.9 Å². The van der Waals surface area contributed by atoms with Crippen LogP contribution in [-0.4, -0.2) is 9.78 Å². The summed E-state index contributed by atoms with van der Waals surface area (Å²) in [7, 11) is 0. The van der Waals surface area contributed by atoms with Crippen molar-refractivity contribution in [1.29, 1.82) is 0 Å². The number of nitrogens with two attached hydrogens (primary N) is 1. The van der Waals surface area contributed by atoms with E-state index in [0.29, 0.717) is 0 Å². The van der Waals surface area contributed by atoms with E-state index in [0.717, 1.165) is 24.1 Å². The van der Waals surface area contributed by atoms with E-state index in [-0.39, 0.29) is 0 Å². The second-order valence-corrected chi connectivity index (χ2v) is 4.16. The summed E-state index contributed by atoms with van der Waals surface area (Å²) in [6.07, 6.45) is 7.84. The quantitative estimate of drug-likeness (QED) is 0.770. The van der Waals surface area contributed by atoms with Crippen LogP contribution in [0.5, 0.6) is 0 Å². The summed E-state index contributed by atoms with van der Waals surface area (Å²) in [5.74, 6) is 1.67. The monoisotopic (exact) mass is 179 g/mol. The van der Waals surface area contributed by atoms with E-state index in [1.165, 1.54) is 19.3 Å². The Bertz CT molecular complexity index is 275. The molecule has 3 heteroatoms.